The molecule has 0 saturated heterocycles. The van der Waals surface area contributed by atoms with Gasteiger partial charge in [0, 0.05) is 0 Å². The number of alkyl halides is 1. The number of allylic oxidation sites excluding steroid dienone is 1. The van der Waals surface area contributed by atoms with Crippen molar-refractivity contribution in [1.29, 1.82) is 0 Å². The largest absolute Gasteiger partial charge is 0.479 e. The second kappa shape index (κ2) is 2.29. The first kappa shape index (κ1) is 7.63. The van der Waals surface area contributed by atoms with Gasteiger partial charge in [0.1, 0.15) is 0 Å². The lowest BCUT2D eigenvalue weighted by molar-refractivity contribution is -0.139. The molecule has 0 aromatic rings. The molecule has 10 heavy (non-hydrogen) atoms. The van der Waals surface area contributed by atoms with E-state index < -0.39 is 16.0 Å². The Morgan fingerprint density at radius 3 is 2.60 bits per heavy atom. The lowest BCUT2D eigenvalue weighted by atomic mass is 10.3. The van der Waals surface area contributed by atoms with E-state index in [1.807, 2.05) is 0 Å². The van der Waals surface area contributed by atoms with E-state index in [2.05, 4.69) is 0 Å². The van der Waals surface area contributed by atoms with Crippen molar-refractivity contribution < 1.29 is 14.7 Å². The molecule has 0 amide bonds. The maximum Gasteiger partial charge on any atom is 0.343 e. The molecule has 1 aliphatic rings. The SMILES string of the molecule is O=C(O)C1(Cl)SC=CC1=O. The smallest absolute Gasteiger partial charge is 0.343 e. The van der Waals surface area contributed by atoms with E-state index in [0.717, 1.165) is 17.8 Å². The molecule has 0 saturated carbocycles. The van der Waals surface area contributed by atoms with Crippen LogP contribution in [0, 0.1) is 0 Å². The zero-order chi connectivity index (χ0) is 7.78. The van der Waals surface area contributed by atoms with Crippen molar-refractivity contribution in [2.75, 3.05) is 0 Å². The second-order valence-electron chi connectivity index (χ2n) is 1.69. The molecule has 1 N–H and O–H groups in total. The average Bonchev–Trinajstić information content (AvgIpc) is 2.15. The van der Waals surface area contributed by atoms with E-state index >= 15 is 0 Å². The van der Waals surface area contributed by atoms with Crippen LogP contribution < -0.4 is 0 Å². The molecule has 1 heterocycles. The van der Waals surface area contributed by atoms with E-state index in [9.17, 15) is 9.59 Å². The molecule has 1 aliphatic heterocycles. The molecule has 0 aliphatic carbocycles. The Kier molecular flexibility index (Phi) is 1.74. The number of carboxylic acid groups (broad SMARTS) is 1. The fourth-order valence-corrected chi connectivity index (χ4v) is 1.39. The maximum atomic E-state index is 10.7. The highest BCUT2D eigenvalue weighted by Crippen LogP contribution is 2.37. The summed E-state index contributed by atoms with van der Waals surface area (Å²) in [6.45, 7) is 0. The number of thioether (sulfide) groups is 1. The van der Waals surface area contributed by atoms with Crippen LogP contribution in [-0.4, -0.2) is 21.1 Å². The van der Waals surface area contributed by atoms with Crippen LogP contribution in [0.1, 0.15) is 0 Å². The monoisotopic (exact) mass is 178 g/mol. The van der Waals surface area contributed by atoms with E-state index in [-0.39, 0.29) is 0 Å². The Morgan fingerprint density at radius 2 is 2.40 bits per heavy atom. The van der Waals surface area contributed by atoms with Crippen molar-refractivity contribution in [2.24, 2.45) is 0 Å². The first-order chi connectivity index (χ1) is 4.57. The van der Waals surface area contributed by atoms with E-state index in [1.165, 1.54) is 5.41 Å². The number of halogens is 1. The van der Waals surface area contributed by atoms with Gasteiger partial charge in [-0.1, -0.05) is 23.4 Å². The number of hydrogen-bond acceptors (Lipinski definition) is 3. The highest BCUT2D eigenvalue weighted by atomic mass is 35.5. The topological polar surface area (TPSA) is 54.4 Å². The van der Waals surface area contributed by atoms with Gasteiger partial charge in [0.05, 0.1) is 0 Å². The van der Waals surface area contributed by atoms with E-state index in [4.69, 9.17) is 16.7 Å². The molecule has 0 aromatic carbocycles. The Balaban J connectivity index is 2.91. The van der Waals surface area contributed by atoms with E-state index in [1.54, 1.807) is 0 Å². The lowest BCUT2D eigenvalue weighted by Gasteiger charge is -2.10. The molecule has 0 fully saturated rings. The van der Waals surface area contributed by atoms with Gasteiger partial charge in [-0.25, -0.2) is 4.79 Å². The van der Waals surface area contributed by atoms with Gasteiger partial charge >= 0.3 is 5.97 Å². The van der Waals surface area contributed by atoms with Crippen LogP contribution in [0.4, 0.5) is 0 Å². The zero-order valence-corrected chi connectivity index (χ0v) is 6.28. The van der Waals surface area contributed by atoms with Crippen molar-refractivity contribution in [3.8, 4) is 0 Å². The molecule has 1 atom stereocenters. The van der Waals surface area contributed by atoms with Crippen molar-refractivity contribution in [3.05, 3.63) is 11.5 Å². The maximum absolute atomic E-state index is 10.7. The fourth-order valence-electron chi connectivity index (χ4n) is 0.511. The number of carboxylic acids is 1. The molecule has 0 bridgehead atoms. The summed E-state index contributed by atoms with van der Waals surface area (Å²) in [5.74, 6) is -1.89. The van der Waals surface area contributed by atoms with Gasteiger partial charge in [0.25, 0.3) is 4.21 Å². The molecule has 0 radical (unpaired) electrons. The van der Waals surface area contributed by atoms with Crippen LogP contribution in [0.5, 0.6) is 0 Å². The van der Waals surface area contributed by atoms with Gasteiger partial charge in [-0.15, -0.1) is 0 Å². The molecule has 54 valence electrons. The van der Waals surface area contributed by atoms with Crippen LogP contribution in [0.15, 0.2) is 11.5 Å². The highest BCUT2D eigenvalue weighted by Gasteiger charge is 2.45. The van der Waals surface area contributed by atoms with Gasteiger partial charge in [0.15, 0.2) is 5.78 Å². The number of hydrogen-bond donors (Lipinski definition) is 1. The normalized spacial score (nSPS) is 31.1. The van der Waals surface area contributed by atoms with Crippen molar-refractivity contribution in [3.63, 3.8) is 0 Å². The summed E-state index contributed by atoms with van der Waals surface area (Å²) in [6, 6.07) is 0. The second-order valence-corrected chi connectivity index (χ2v) is 3.60. The molecular formula is C5H3ClO3S. The Hall–Kier alpha value is -0.480. The molecule has 3 nitrogen and oxygen atoms in total. The average molecular weight is 179 g/mol. The Bertz CT molecular complexity index is 225. The molecule has 0 spiro atoms. The summed E-state index contributed by atoms with van der Waals surface area (Å²) in [4.78, 5) is 21.0. The predicted molar refractivity (Wildman–Crippen MR) is 38.0 cm³/mol. The molecule has 5 heteroatoms. The van der Waals surface area contributed by atoms with Gasteiger partial charge in [0.2, 0.25) is 0 Å². The summed E-state index contributed by atoms with van der Waals surface area (Å²) < 4.78 is -1.79. The minimum Gasteiger partial charge on any atom is -0.479 e. The number of ketones is 1. The van der Waals surface area contributed by atoms with Crippen molar-refractivity contribution in [1.82, 2.24) is 0 Å². The van der Waals surface area contributed by atoms with Gasteiger partial charge < -0.3 is 5.11 Å². The van der Waals surface area contributed by atoms with E-state index in [0.29, 0.717) is 0 Å². The van der Waals surface area contributed by atoms with Crippen LogP contribution in [0.2, 0.25) is 0 Å². The molecule has 1 rings (SSSR count). The summed E-state index contributed by atoms with van der Waals surface area (Å²) in [6.07, 6.45) is 1.16. The van der Waals surface area contributed by atoms with Crippen LogP contribution >= 0.6 is 23.4 Å². The van der Waals surface area contributed by atoms with Crippen molar-refractivity contribution in [2.45, 2.75) is 4.21 Å². The number of carbonyl (C=O) groups excluding carboxylic acids is 1. The summed E-state index contributed by atoms with van der Waals surface area (Å²) in [7, 11) is 0. The zero-order valence-electron chi connectivity index (χ0n) is 4.70. The van der Waals surface area contributed by atoms with Gasteiger partial charge in [-0.2, -0.15) is 0 Å². The minimum absolute atomic E-state index is 0.577. The standard InChI is InChI=1S/C5H3ClO3S/c6-5(4(8)9)3(7)1-2-10-5/h1-2H,(H,8,9). The van der Waals surface area contributed by atoms with Crippen LogP contribution in [-0.2, 0) is 9.59 Å². The Morgan fingerprint density at radius 1 is 1.80 bits per heavy atom. The number of aliphatic carboxylic acids is 1. The minimum atomic E-state index is -1.79. The summed E-state index contributed by atoms with van der Waals surface area (Å²) in [5, 5.41) is 9.81. The third-order valence-corrected chi connectivity index (χ3v) is 2.63. The van der Waals surface area contributed by atoms with Crippen LogP contribution in [0.3, 0.4) is 0 Å². The number of carbonyl (C=O) groups is 2. The first-order valence-electron chi connectivity index (χ1n) is 2.38. The number of rotatable bonds is 1. The third-order valence-electron chi connectivity index (χ3n) is 1.04. The van der Waals surface area contributed by atoms with Gasteiger partial charge in [-0.05, 0) is 11.5 Å². The van der Waals surface area contributed by atoms with Gasteiger partial charge in [-0.3, -0.25) is 4.79 Å². The highest BCUT2D eigenvalue weighted by molar-refractivity contribution is 8.06. The summed E-state index contributed by atoms with van der Waals surface area (Å²) >= 11 is 6.20. The quantitative estimate of drug-likeness (QED) is 0.478. The van der Waals surface area contributed by atoms with Crippen molar-refractivity contribution >= 4 is 35.1 Å². The predicted octanol–water partition coefficient (Wildman–Crippen LogP) is 0.836. The van der Waals surface area contributed by atoms with Crippen LogP contribution in [0.25, 0.3) is 0 Å². The molecular weight excluding hydrogens is 176 g/mol. The first-order valence-corrected chi connectivity index (χ1v) is 3.64. The Labute approximate surface area is 66.0 Å². The molecule has 0 aromatic heterocycles. The lowest BCUT2D eigenvalue weighted by Crippen LogP contribution is -2.33. The summed E-state index contributed by atoms with van der Waals surface area (Å²) in [5.41, 5.74) is 0. The third kappa shape index (κ3) is 0.932. The molecule has 1 unspecified atom stereocenters. The fraction of sp³-hybridized carbons (Fsp3) is 0.200.